The normalized spacial score (nSPS) is 12.5. The number of rotatable bonds is 11. The van der Waals surface area contributed by atoms with Crippen molar-refractivity contribution < 1.29 is 17.6 Å². The fraction of sp³-hybridized carbons (Fsp3) is 0.333. The summed E-state index contributed by atoms with van der Waals surface area (Å²) in [6, 6.07) is 15.3. The number of aromatic amines is 1. The molecule has 1 heterocycles. The lowest BCUT2D eigenvalue weighted by molar-refractivity contribution is -0.131. The number of nitrogens with one attached hydrogen (secondary N) is 2. The standard InChI is InChI=1S/C24H29FN4O3S/c1-18(28-33(31,32)22-10-6-3-7-11-22)24(30)29(2)16-8-4-5-9-21-17-23(27-26-21)19-12-14-20(25)15-13-19/h3,6-7,10-15,17-18,28H,4-5,8-9,16H2,1-2H3,(H,26,27)/t18-/m0/s1. The van der Waals surface area contributed by atoms with Crippen LogP contribution in [0.4, 0.5) is 4.39 Å². The van der Waals surface area contributed by atoms with Gasteiger partial charge < -0.3 is 4.90 Å². The molecule has 0 spiro atoms. The number of hydrogen-bond donors (Lipinski definition) is 2. The third kappa shape index (κ3) is 6.97. The lowest BCUT2D eigenvalue weighted by Crippen LogP contribution is -2.45. The quantitative estimate of drug-likeness (QED) is 0.416. The van der Waals surface area contributed by atoms with Crippen molar-refractivity contribution in [3.8, 4) is 11.3 Å². The van der Waals surface area contributed by atoms with Crippen LogP contribution >= 0.6 is 0 Å². The molecular weight excluding hydrogens is 443 g/mol. The van der Waals surface area contributed by atoms with Gasteiger partial charge in [-0.25, -0.2) is 12.8 Å². The van der Waals surface area contributed by atoms with E-state index in [1.54, 1.807) is 49.2 Å². The molecule has 0 aliphatic carbocycles. The zero-order valence-corrected chi connectivity index (χ0v) is 19.6. The molecule has 33 heavy (non-hydrogen) atoms. The predicted octanol–water partition coefficient (Wildman–Crippen LogP) is 3.75. The van der Waals surface area contributed by atoms with Gasteiger partial charge >= 0.3 is 0 Å². The summed E-state index contributed by atoms with van der Waals surface area (Å²) in [5, 5.41) is 7.29. The molecule has 0 saturated heterocycles. The van der Waals surface area contributed by atoms with E-state index in [-0.39, 0.29) is 16.6 Å². The van der Waals surface area contributed by atoms with Gasteiger partial charge in [0.25, 0.3) is 0 Å². The predicted molar refractivity (Wildman–Crippen MR) is 125 cm³/mol. The molecule has 3 rings (SSSR count). The van der Waals surface area contributed by atoms with E-state index in [1.165, 1.54) is 24.3 Å². The number of carbonyl (C=O) groups is 1. The number of amides is 1. The molecule has 0 radical (unpaired) electrons. The first-order valence-corrected chi connectivity index (χ1v) is 12.4. The Balaban J connectivity index is 1.39. The monoisotopic (exact) mass is 472 g/mol. The van der Waals surface area contributed by atoms with E-state index >= 15 is 0 Å². The minimum absolute atomic E-state index is 0.133. The second-order valence-corrected chi connectivity index (χ2v) is 9.73. The van der Waals surface area contributed by atoms with E-state index in [4.69, 9.17) is 0 Å². The number of unbranched alkanes of at least 4 members (excludes halogenated alkanes) is 2. The molecule has 9 heteroatoms. The topological polar surface area (TPSA) is 95.2 Å². The van der Waals surface area contributed by atoms with Gasteiger partial charge in [0.2, 0.25) is 15.9 Å². The number of carbonyl (C=O) groups excluding carboxylic acids is 1. The van der Waals surface area contributed by atoms with E-state index in [9.17, 15) is 17.6 Å². The van der Waals surface area contributed by atoms with Crippen molar-refractivity contribution in [2.75, 3.05) is 13.6 Å². The summed E-state index contributed by atoms with van der Waals surface area (Å²) in [5.41, 5.74) is 2.64. The number of hydrogen-bond acceptors (Lipinski definition) is 4. The molecule has 0 bridgehead atoms. The number of benzene rings is 2. The summed E-state index contributed by atoms with van der Waals surface area (Å²) in [6.07, 6.45) is 3.45. The largest absolute Gasteiger partial charge is 0.344 e. The molecule has 1 aromatic heterocycles. The summed E-state index contributed by atoms with van der Waals surface area (Å²) in [5.74, 6) is -0.548. The summed E-state index contributed by atoms with van der Waals surface area (Å²) >= 11 is 0. The minimum atomic E-state index is -3.74. The number of H-pyrrole nitrogens is 1. The van der Waals surface area contributed by atoms with Gasteiger partial charge in [0.1, 0.15) is 5.82 Å². The minimum Gasteiger partial charge on any atom is -0.344 e. The molecule has 2 N–H and O–H groups in total. The Hall–Kier alpha value is -3.04. The number of nitrogens with zero attached hydrogens (tertiary/aromatic N) is 2. The van der Waals surface area contributed by atoms with E-state index in [0.29, 0.717) is 6.54 Å². The Labute approximate surface area is 194 Å². The molecule has 1 atom stereocenters. The van der Waals surface area contributed by atoms with Gasteiger partial charge in [-0.15, -0.1) is 0 Å². The zero-order chi connectivity index (χ0) is 23.8. The fourth-order valence-electron chi connectivity index (χ4n) is 3.49. The van der Waals surface area contributed by atoms with Crippen molar-refractivity contribution in [1.82, 2.24) is 19.8 Å². The average Bonchev–Trinajstić information content (AvgIpc) is 3.28. The van der Waals surface area contributed by atoms with Gasteiger partial charge in [-0.3, -0.25) is 9.89 Å². The van der Waals surface area contributed by atoms with Crippen LogP contribution in [0, 0.1) is 5.82 Å². The Morgan fingerprint density at radius 3 is 2.48 bits per heavy atom. The van der Waals surface area contributed by atoms with Gasteiger partial charge in [0.15, 0.2) is 0 Å². The van der Waals surface area contributed by atoms with Crippen LogP contribution in [-0.2, 0) is 21.2 Å². The number of aromatic nitrogens is 2. The molecule has 0 unspecified atom stereocenters. The van der Waals surface area contributed by atoms with Crippen LogP contribution < -0.4 is 4.72 Å². The van der Waals surface area contributed by atoms with Gasteiger partial charge in [-0.2, -0.15) is 9.82 Å². The molecule has 0 saturated carbocycles. The van der Waals surface area contributed by atoms with Gasteiger partial charge in [0.05, 0.1) is 16.6 Å². The average molecular weight is 473 g/mol. The maximum absolute atomic E-state index is 13.1. The zero-order valence-electron chi connectivity index (χ0n) is 18.8. The van der Waals surface area contributed by atoms with Crippen LogP contribution in [0.25, 0.3) is 11.3 Å². The molecule has 0 aliphatic heterocycles. The van der Waals surface area contributed by atoms with E-state index < -0.39 is 16.1 Å². The summed E-state index contributed by atoms with van der Waals surface area (Å²) in [6.45, 7) is 2.09. The second-order valence-electron chi connectivity index (χ2n) is 8.01. The Bertz CT molecular complexity index is 1150. The lowest BCUT2D eigenvalue weighted by Gasteiger charge is -2.22. The van der Waals surface area contributed by atoms with Crippen molar-refractivity contribution in [1.29, 1.82) is 0 Å². The molecule has 1 amide bonds. The molecule has 7 nitrogen and oxygen atoms in total. The van der Waals surface area contributed by atoms with Crippen molar-refractivity contribution in [3.05, 3.63) is 72.2 Å². The van der Waals surface area contributed by atoms with Crippen LogP contribution in [0.3, 0.4) is 0 Å². The van der Waals surface area contributed by atoms with Crippen LogP contribution in [0.1, 0.15) is 31.9 Å². The number of aryl methyl sites for hydroxylation is 1. The molecule has 3 aromatic rings. The fourth-order valence-corrected chi connectivity index (χ4v) is 4.71. The number of sulfonamides is 1. The first-order chi connectivity index (χ1) is 15.8. The highest BCUT2D eigenvalue weighted by atomic mass is 32.2. The third-order valence-corrected chi connectivity index (χ3v) is 6.90. The lowest BCUT2D eigenvalue weighted by atomic mass is 10.1. The Morgan fingerprint density at radius 2 is 1.79 bits per heavy atom. The number of likely N-dealkylation sites (N-methyl/N-ethyl adjacent to an activating group) is 1. The van der Waals surface area contributed by atoms with E-state index in [0.717, 1.165) is 42.6 Å². The van der Waals surface area contributed by atoms with Crippen LogP contribution in [0.15, 0.2) is 65.6 Å². The smallest absolute Gasteiger partial charge is 0.241 e. The first-order valence-electron chi connectivity index (χ1n) is 10.9. The molecule has 0 aliphatic rings. The summed E-state index contributed by atoms with van der Waals surface area (Å²) in [4.78, 5) is 14.2. The molecule has 0 fully saturated rings. The summed E-state index contributed by atoms with van der Waals surface area (Å²) in [7, 11) is -2.06. The van der Waals surface area contributed by atoms with Crippen molar-refractivity contribution in [2.45, 2.75) is 43.5 Å². The SMILES string of the molecule is C[C@H](NS(=O)(=O)c1ccccc1)C(=O)N(C)CCCCCc1cc(-c2ccc(F)cc2)n[nH]1. The Kier molecular flexibility index (Phi) is 8.35. The number of halogens is 1. The van der Waals surface area contributed by atoms with E-state index in [2.05, 4.69) is 14.9 Å². The molecular formula is C24H29FN4O3S. The first kappa shape index (κ1) is 24.6. The Morgan fingerprint density at radius 1 is 1.09 bits per heavy atom. The van der Waals surface area contributed by atoms with Gasteiger partial charge in [-0.1, -0.05) is 24.6 Å². The maximum atomic E-state index is 13.1. The van der Waals surface area contributed by atoms with Crippen molar-refractivity contribution in [3.63, 3.8) is 0 Å². The second kappa shape index (κ2) is 11.2. The van der Waals surface area contributed by atoms with Gasteiger partial charge in [0, 0.05) is 24.8 Å². The van der Waals surface area contributed by atoms with Crippen molar-refractivity contribution in [2.24, 2.45) is 0 Å². The summed E-state index contributed by atoms with van der Waals surface area (Å²) < 4.78 is 40.3. The van der Waals surface area contributed by atoms with Crippen molar-refractivity contribution >= 4 is 15.9 Å². The molecule has 2 aromatic carbocycles. The third-order valence-electron chi connectivity index (χ3n) is 5.34. The van der Waals surface area contributed by atoms with Crippen LogP contribution in [-0.4, -0.2) is 49.1 Å². The highest BCUT2D eigenvalue weighted by Gasteiger charge is 2.23. The van der Waals surface area contributed by atoms with Crippen LogP contribution in [0.2, 0.25) is 0 Å². The van der Waals surface area contributed by atoms with E-state index in [1.807, 2.05) is 6.07 Å². The highest BCUT2D eigenvalue weighted by Crippen LogP contribution is 2.19. The maximum Gasteiger partial charge on any atom is 0.241 e. The highest BCUT2D eigenvalue weighted by molar-refractivity contribution is 7.89. The van der Waals surface area contributed by atoms with Gasteiger partial charge in [-0.05, 0) is 68.7 Å². The molecule has 176 valence electrons. The van der Waals surface area contributed by atoms with Crippen LogP contribution in [0.5, 0.6) is 0 Å².